The van der Waals surface area contributed by atoms with Gasteiger partial charge in [-0.3, -0.25) is 4.79 Å². The van der Waals surface area contributed by atoms with E-state index in [2.05, 4.69) is 110 Å². The molecule has 0 amide bonds. The van der Waals surface area contributed by atoms with Crippen LogP contribution in [-0.2, 0) is 29.6 Å². The van der Waals surface area contributed by atoms with E-state index < -0.39 is 5.41 Å². The minimum Gasteiger partial charge on any atom is -0.372 e. The molecule has 0 N–H and O–H groups in total. The van der Waals surface area contributed by atoms with Crippen LogP contribution in [0.25, 0.3) is 16.5 Å². The number of anilines is 1. The summed E-state index contributed by atoms with van der Waals surface area (Å²) in [5, 5.41) is 1.28. The lowest BCUT2D eigenvalue weighted by Crippen LogP contribution is -2.33. The molecule has 1 aromatic heterocycles. The zero-order chi connectivity index (χ0) is 25.3. The monoisotopic (exact) mass is 476 g/mol. The van der Waals surface area contributed by atoms with Crippen molar-refractivity contribution in [3.8, 4) is 0 Å². The van der Waals surface area contributed by atoms with Crippen LogP contribution in [0.2, 0.25) is 0 Å². The van der Waals surface area contributed by atoms with Crippen LogP contribution in [0.3, 0.4) is 0 Å². The van der Waals surface area contributed by atoms with E-state index in [0.717, 1.165) is 49.9 Å². The molecular weight excluding hydrogens is 440 g/mol. The third-order valence-corrected chi connectivity index (χ3v) is 8.01. The second-order valence-corrected chi connectivity index (χ2v) is 9.68. The molecule has 3 heteroatoms. The molecule has 36 heavy (non-hydrogen) atoms. The number of benzene rings is 3. The summed E-state index contributed by atoms with van der Waals surface area (Å²) >= 11 is 0. The van der Waals surface area contributed by atoms with Crippen molar-refractivity contribution < 1.29 is 4.79 Å². The van der Waals surface area contributed by atoms with E-state index in [-0.39, 0.29) is 0 Å². The normalized spacial score (nSPS) is 17.1. The molecule has 1 aliphatic rings. The molecule has 1 aliphatic carbocycles. The third-order valence-electron chi connectivity index (χ3n) is 8.01. The van der Waals surface area contributed by atoms with Crippen LogP contribution in [-0.4, -0.2) is 23.9 Å². The lowest BCUT2D eigenvalue weighted by Gasteiger charge is -2.38. The fraction of sp³-hybridized carbons (Fsp3) is 0.303. The van der Waals surface area contributed by atoms with Crippen LogP contribution in [0.15, 0.2) is 78.9 Å². The molecule has 3 nitrogen and oxygen atoms in total. The third kappa shape index (κ3) is 3.69. The van der Waals surface area contributed by atoms with Gasteiger partial charge in [-0.1, -0.05) is 67.6 Å². The molecular formula is C33H36N2O. The predicted molar refractivity (Wildman–Crippen MR) is 152 cm³/mol. The Kier molecular flexibility index (Phi) is 6.57. The van der Waals surface area contributed by atoms with Crippen molar-refractivity contribution in [1.29, 1.82) is 0 Å². The lowest BCUT2D eigenvalue weighted by molar-refractivity contribution is -0.103. The number of aromatic nitrogens is 1. The Morgan fingerprint density at radius 1 is 0.889 bits per heavy atom. The molecule has 5 rings (SSSR count). The lowest BCUT2D eigenvalue weighted by atomic mass is 9.64. The van der Waals surface area contributed by atoms with E-state index in [0.29, 0.717) is 0 Å². The summed E-state index contributed by atoms with van der Waals surface area (Å²) in [5.74, 6) is 0. The minimum atomic E-state index is -0.433. The summed E-state index contributed by atoms with van der Waals surface area (Å²) in [6.07, 6.45) is 5.07. The van der Waals surface area contributed by atoms with Crippen molar-refractivity contribution >= 4 is 28.4 Å². The molecule has 0 bridgehead atoms. The second kappa shape index (κ2) is 9.81. The zero-order valence-corrected chi connectivity index (χ0v) is 21.9. The Balaban J connectivity index is 1.85. The van der Waals surface area contributed by atoms with Gasteiger partial charge in [0.2, 0.25) is 0 Å². The molecule has 3 aromatic carbocycles. The number of rotatable bonds is 8. The molecule has 1 heterocycles. The van der Waals surface area contributed by atoms with Gasteiger partial charge >= 0.3 is 0 Å². The van der Waals surface area contributed by atoms with Crippen molar-refractivity contribution in [3.05, 3.63) is 107 Å². The Labute approximate surface area is 215 Å². The number of nitrogens with zero attached hydrogens (tertiary/aromatic N) is 2. The van der Waals surface area contributed by atoms with Crippen LogP contribution < -0.4 is 4.90 Å². The summed E-state index contributed by atoms with van der Waals surface area (Å²) in [6, 6.07) is 26.3. The molecule has 0 spiro atoms. The first-order valence-electron chi connectivity index (χ1n) is 13.3. The van der Waals surface area contributed by atoms with Crippen molar-refractivity contribution in [2.45, 2.75) is 52.5 Å². The van der Waals surface area contributed by atoms with Gasteiger partial charge in [0.15, 0.2) is 0 Å². The number of carbonyl (C=O) groups is 1. The molecule has 1 unspecified atom stereocenters. The number of para-hydroxylation sites is 1. The van der Waals surface area contributed by atoms with Gasteiger partial charge in [0.1, 0.15) is 6.29 Å². The smallest absolute Gasteiger partial charge is 0.150 e. The average Bonchev–Trinajstić information content (AvgIpc) is 3.27. The molecule has 0 fully saturated rings. The number of hydrogen-bond acceptors (Lipinski definition) is 2. The number of aldehydes is 1. The molecule has 4 aromatic rings. The second-order valence-electron chi connectivity index (χ2n) is 9.68. The highest BCUT2D eigenvalue weighted by Gasteiger charge is 2.41. The van der Waals surface area contributed by atoms with Gasteiger partial charge in [-0.2, -0.15) is 0 Å². The largest absolute Gasteiger partial charge is 0.372 e. The Bertz CT molecular complexity index is 1420. The summed E-state index contributed by atoms with van der Waals surface area (Å²) in [7, 11) is 0. The molecule has 0 radical (unpaired) electrons. The highest BCUT2D eigenvalue weighted by molar-refractivity contribution is 6.09. The van der Waals surface area contributed by atoms with Crippen molar-refractivity contribution in [1.82, 2.24) is 4.57 Å². The van der Waals surface area contributed by atoms with Gasteiger partial charge in [0.05, 0.1) is 0 Å². The van der Waals surface area contributed by atoms with Crippen molar-refractivity contribution in [3.63, 3.8) is 0 Å². The van der Waals surface area contributed by atoms with Crippen LogP contribution in [0, 0.1) is 0 Å². The van der Waals surface area contributed by atoms with Gasteiger partial charge in [0.25, 0.3) is 0 Å². The van der Waals surface area contributed by atoms with E-state index in [9.17, 15) is 4.79 Å². The minimum absolute atomic E-state index is 0.433. The van der Waals surface area contributed by atoms with E-state index >= 15 is 0 Å². The van der Waals surface area contributed by atoms with E-state index in [4.69, 9.17) is 0 Å². The van der Waals surface area contributed by atoms with E-state index in [1.807, 2.05) is 6.07 Å². The van der Waals surface area contributed by atoms with Gasteiger partial charge in [-0.05, 0) is 74.1 Å². The first-order valence-corrected chi connectivity index (χ1v) is 13.3. The maximum atomic E-state index is 12.5. The van der Waals surface area contributed by atoms with Gasteiger partial charge < -0.3 is 9.47 Å². The summed E-state index contributed by atoms with van der Waals surface area (Å²) in [4.78, 5) is 14.9. The first kappa shape index (κ1) is 24.1. The Hall–Kier alpha value is -3.59. The fourth-order valence-electron chi connectivity index (χ4n) is 6.38. The number of hydrogen-bond donors (Lipinski definition) is 0. The summed E-state index contributed by atoms with van der Waals surface area (Å²) in [5.41, 5.74) is 9.07. The SMILES string of the molecule is CCc1c(C2(c3ccc(N(CC)CC)cc3)C=C(C=O)c3ccccc3C2)c2ccccc2n1CC. The predicted octanol–water partition coefficient (Wildman–Crippen LogP) is 7.19. The quantitative estimate of drug-likeness (QED) is 0.251. The number of allylic oxidation sites excluding steroid dienone is 2. The molecule has 1 atom stereocenters. The summed E-state index contributed by atoms with van der Waals surface area (Å²) < 4.78 is 2.46. The summed E-state index contributed by atoms with van der Waals surface area (Å²) in [6.45, 7) is 11.8. The first-order chi connectivity index (χ1) is 17.6. The van der Waals surface area contributed by atoms with Gasteiger partial charge in [-0.15, -0.1) is 0 Å². The van der Waals surface area contributed by atoms with Crippen LogP contribution in [0.1, 0.15) is 55.6 Å². The van der Waals surface area contributed by atoms with Crippen molar-refractivity contribution in [2.75, 3.05) is 18.0 Å². The standard InChI is InChI=1S/C33H36N2O/c1-5-30-32(29-15-11-12-16-31(29)35(30)8-4)33(26-17-19-27(20-18-26)34(6-2)7-3)21-24-13-9-10-14-28(24)25(22-33)23-36/h9-20,22-23H,5-8,21H2,1-4H3. The van der Waals surface area contributed by atoms with Gasteiger partial charge in [0, 0.05) is 52.9 Å². The molecule has 0 saturated carbocycles. The molecule has 0 aliphatic heterocycles. The zero-order valence-electron chi connectivity index (χ0n) is 21.9. The fourth-order valence-corrected chi connectivity index (χ4v) is 6.38. The highest BCUT2D eigenvalue weighted by Crippen LogP contribution is 2.48. The maximum absolute atomic E-state index is 12.5. The highest BCUT2D eigenvalue weighted by atomic mass is 16.1. The number of aryl methyl sites for hydroxylation is 1. The molecule has 184 valence electrons. The van der Waals surface area contributed by atoms with Gasteiger partial charge in [-0.25, -0.2) is 0 Å². The van der Waals surface area contributed by atoms with Crippen LogP contribution >= 0.6 is 0 Å². The van der Waals surface area contributed by atoms with E-state index in [1.54, 1.807) is 0 Å². The van der Waals surface area contributed by atoms with Crippen LogP contribution in [0.5, 0.6) is 0 Å². The Morgan fingerprint density at radius 2 is 1.58 bits per heavy atom. The average molecular weight is 477 g/mol. The maximum Gasteiger partial charge on any atom is 0.150 e. The number of fused-ring (bicyclic) bond motifs is 2. The Morgan fingerprint density at radius 3 is 2.25 bits per heavy atom. The topological polar surface area (TPSA) is 25.2 Å². The van der Waals surface area contributed by atoms with E-state index in [1.165, 1.54) is 39.0 Å². The number of carbonyl (C=O) groups excluding carboxylic acids is 1. The molecule has 0 saturated heterocycles. The van der Waals surface area contributed by atoms with Crippen LogP contribution in [0.4, 0.5) is 5.69 Å². The van der Waals surface area contributed by atoms with Crippen molar-refractivity contribution in [2.24, 2.45) is 0 Å².